The Hall–Kier alpha value is -2.40. The highest BCUT2D eigenvalue weighted by Gasteiger charge is 2.24. The first-order valence-corrected chi connectivity index (χ1v) is 8.17. The van der Waals surface area contributed by atoms with E-state index in [0.29, 0.717) is 5.56 Å². The zero-order chi connectivity index (χ0) is 16.9. The maximum Gasteiger partial charge on any atom is 0.254 e. The second-order valence-electron chi connectivity index (χ2n) is 6.07. The molecule has 24 heavy (non-hydrogen) atoms. The molecule has 0 unspecified atom stereocenters. The molecule has 0 aromatic heterocycles. The molecule has 0 spiro atoms. The van der Waals surface area contributed by atoms with Crippen molar-refractivity contribution in [2.75, 3.05) is 33.3 Å². The summed E-state index contributed by atoms with van der Waals surface area (Å²) in [5.41, 5.74) is 1.82. The summed E-state index contributed by atoms with van der Waals surface area (Å²) >= 11 is 0. The molecule has 1 fully saturated rings. The third kappa shape index (κ3) is 3.92. The quantitative estimate of drug-likeness (QED) is 0.919. The van der Waals surface area contributed by atoms with Gasteiger partial charge in [-0.3, -0.25) is 4.79 Å². The molecular weight excluding hydrogens is 307 g/mol. The van der Waals surface area contributed by atoms with E-state index in [1.807, 2.05) is 29.2 Å². The van der Waals surface area contributed by atoms with Crippen molar-refractivity contribution < 1.29 is 18.8 Å². The van der Waals surface area contributed by atoms with Gasteiger partial charge in [0.2, 0.25) is 0 Å². The Labute approximate surface area is 141 Å². The van der Waals surface area contributed by atoms with Crippen LogP contribution in [0.2, 0.25) is 0 Å². The van der Waals surface area contributed by atoms with Crippen molar-refractivity contribution in [3.63, 3.8) is 0 Å². The molecule has 3 rings (SSSR count). The second kappa shape index (κ2) is 7.45. The van der Waals surface area contributed by atoms with Crippen LogP contribution in [0.25, 0.3) is 0 Å². The molecule has 1 saturated heterocycles. The van der Waals surface area contributed by atoms with E-state index in [2.05, 4.69) is 0 Å². The van der Waals surface area contributed by atoms with Crippen LogP contribution in [-0.2, 0) is 6.54 Å². The molecule has 5 heteroatoms. The molecule has 0 aliphatic carbocycles. The number of amides is 1. The highest BCUT2D eigenvalue weighted by molar-refractivity contribution is 5.94. The Morgan fingerprint density at radius 2 is 1.71 bits per heavy atom. The minimum Gasteiger partial charge on any atom is -0.497 e. The van der Waals surface area contributed by atoms with Crippen LogP contribution in [0.5, 0.6) is 5.75 Å². The van der Waals surface area contributed by atoms with E-state index >= 15 is 0 Å². The number of nitrogens with one attached hydrogen (secondary N) is 1. The molecule has 2 aromatic carbocycles. The highest BCUT2D eigenvalue weighted by Crippen LogP contribution is 2.13. The summed E-state index contributed by atoms with van der Waals surface area (Å²) in [6.45, 7) is 4.15. The molecule has 1 aliphatic heterocycles. The topological polar surface area (TPSA) is 34.0 Å². The first-order valence-electron chi connectivity index (χ1n) is 8.17. The fraction of sp³-hybridized carbons (Fsp3) is 0.316. The van der Waals surface area contributed by atoms with E-state index in [0.717, 1.165) is 44.0 Å². The zero-order valence-corrected chi connectivity index (χ0v) is 13.8. The van der Waals surface area contributed by atoms with E-state index in [4.69, 9.17) is 4.74 Å². The summed E-state index contributed by atoms with van der Waals surface area (Å²) < 4.78 is 18.1. The van der Waals surface area contributed by atoms with E-state index in [1.165, 1.54) is 17.0 Å². The lowest BCUT2D eigenvalue weighted by atomic mass is 10.1. The van der Waals surface area contributed by atoms with Crippen LogP contribution >= 0.6 is 0 Å². The number of hydrogen-bond donors (Lipinski definition) is 1. The van der Waals surface area contributed by atoms with Gasteiger partial charge >= 0.3 is 0 Å². The second-order valence-corrected chi connectivity index (χ2v) is 6.07. The Balaban J connectivity index is 1.54. The summed E-state index contributed by atoms with van der Waals surface area (Å²) in [7, 11) is 1.61. The van der Waals surface area contributed by atoms with Gasteiger partial charge in [-0.15, -0.1) is 0 Å². The van der Waals surface area contributed by atoms with E-state index in [9.17, 15) is 9.18 Å². The predicted molar refractivity (Wildman–Crippen MR) is 89.7 cm³/mol. The summed E-state index contributed by atoms with van der Waals surface area (Å²) in [4.78, 5) is 15.9. The van der Waals surface area contributed by atoms with E-state index in [-0.39, 0.29) is 11.7 Å². The van der Waals surface area contributed by atoms with Crippen molar-refractivity contribution in [2.24, 2.45) is 0 Å². The average molecular weight is 329 g/mol. The van der Waals surface area contributed by atoms with Crippen LogP contribution in [0.15, 0.2) is 48.5 Å². The normalized spacial score (nSPS) is 15.3. The van der Waals surface area contributed by atoms with Crippen molar-refractivity contribution in [2.45, 2.75) is 6.54 Å². The molecule has 126 valence electrons. The van der Waals surface area contributed by atoms with Gasteiger partial charge in [0.1, 0.15) is 18.1 Å². The lowest BCUT2D eigenvalue weighted by molar-refractivity contribution is -0.917. The fourth-order valence-corrected chi connectivity index (χ4v) is 3.01. The molecular formula is C19H22FN2O2+. The van der Waals surface area contributed by atoms with Gasteiger partial charge in [-0.2, -0.15) is 0 Å². The zero-order valence-electron chi connectivity index (χ0n) is 13.8. The van der Waals surface area contributed by atoms with Gasteiger partial charge in [-0.1, -0.05) is 12.1 Å². The minimum atomic E-state index is -0.205. The summed E-state index contributed by atoms with van der Waals surface area (Å²) in [5.74, 6) is 0.613. The molecule has 1 N–H and O–H groups in total. The van der Waals surface area contributed by atoms with Gasteiger partial charge in [-0.25, -0.2) is 4.39 Å². The van der Waals surface area contributed by atoms with Crippen molar-refractivity contribution in [3.8, 4) is 5.75 Å². The lowest BCUT2D eigenvalue weighted by Gasteiger charge is -2.32. The third-order valence-electron chi connectivity index (χ3n) is 4.46. The van der Waals surface area contributed by atoms with Gasteiger partial charge in [0, 0.05) is 11.1 Å². The summed E-state index contributed by atoms with van der Waals surface area (Å²) in [6, 6.07) is 13.9. The maximum atomic E-state index is 13.0. The van der Waals surface area contributed by atoms with Crippen LogP contribution in [0.1, 0.15) is 15.9 Å². The number of ether oxygens (including phenoxy) is 1. The largest absolute Gasteiger partial charge is 0.497 e. The molecule has 0 bridgehead atoms. The number of piperazine rings is 1. The number of halogens is 1. The Morgan fingerprint density at radius 1 is 1.08 bits per heavy atom. The average Bonchev–Trinajstić information content (AvgIpc) is 2.64. The first-order chi connectivity index (χ1) is 11.7. The number of hydrogen-bond acceptors (Lipinski definition) is 2. The third-order valence-corrected chi connectivity index (χ3v) is 4.46. The van der Waals surface area contributed by atoms with Gasteiger partial charge < -0.3 is 14.5 Å². The van der Waals surface area contributed by atoms with Crippen molar-refractivity contribution >= 4 is 5.91 Å². The van der Waals surface area contributed by atoms with Crippen LogP contribution in [0.3, 0.4) is 0 Å². The lowest BCUT2D eigenvalue weighted by Crippen LogP contribution is -3.13. The van der Waals surface area contributed by atoms with Crippen LogP contribution in [0.4, 0.5) is 4.39 Å². The maximum absolute atomic E-state index is 13.0. The smallest absolute Gasteiger partial charge is 0.254 e. The van der Waals surface area contributed by atoms with E-state index in [1.54, 1.807) is 19.2 Å². The molecule has 0 atom stereocenters. The highest BCUT2D eigenvalue weighted by atomic mass is 19.1. The Morgan fingerprint density at radius 3 is 2.29 bits per heavy atom. The molecule has 1 aliphatic rings. The molecule has 0 saturated carbocycles. The predicted octanol–water partition coefficient (Wildman–Crippen LogP) is 1.38. The Bertz CT molecular complexity index is 678. The molecule has 1 heterocycles. The Kier molecular flexibility index (Phi) is 5.11. The molecule has 0 radical (unpaired) electrons. The van der Waals surface area contributed by atoms with Gasteiger partial charge in [0.05, 0.1) is 33.3 Å². The fourth-order valence-electron chi connectivity index (χ4n) is 3.01. The van der Waals surface area contributed by atoms with Gasteiger partial charge in [-0.05, 0) is 36.4 Å². The standard InChI is InChI=1S/C19H21FN2O2/c1-24-18-8-4-16(5-9-18)19(23)22-12-10-21(11-13-22)14-15-2-6-17(20)7-3-15/h2-9H,10-14H2,1H3/p+1. The number of carbonyl (C=O) groups excluding carboxylic acids is 1. The van der Waals surface area contributed by atoms with E-state index < -0.39 is 0 Å². The number of benzene rings is 2. The van der Waals surface area contributed by atoms with Crippen molar-refractivity contribution in [3.05, 3.63) is 65.5 Å². The number of nitrogens with zero attached hydrogens (tertiary/aromatic N) is 1. The SMILES string of the molecule is COc1ccc(C(=O)N2CC[NH+](Cc3ccc(F)cc3)CC2)cc1. The van der Waals surface area contributed by atoms with Crippen molar-refractivity contribution in [1.29, 1.82) is 0 Å². The number of methoxy groups -OCH3 is 1. The molecule has 4 nitrogen and oxygen atoms in total. The van der Waals surface area contributed by atoms with Crippen LogP contribution in [-0.4, -0.2) is 44.1 Å². The monoisotopic (exact) mass is 329 g/mol. The first kappa shape index (κ1) is 16.5. The molecule has 1 amide bonds. The van der Waals surface area contributed by atoms with Gasteiger partial charge in [0.15, 0.2) is 0 Å². The van der Waals surface area contributed by atoms with Crippen molar-refractivity contribution in [1.82, 2.24) is 4.90 Å². The summed E-state index contributed by atoms with van der Waals surface area (Å²) in [6.07, 6.45) is 0. The number of carbonyl (C=O) groups is 1. The van der Waals surface area contributed by atoms with Crippen LogP contribution < -0.4 is 9.64 Å². The number of rotatable bonds is 4. The molecule has 2 aromatic rings. The minimum absolute atomic E-state index is 0.0680. The van der Waals surface area contributed by atoms with Crippen LogP contribution in [0, 0.1) is 5.82 Å². The van der Waals surface area contributed by atoms with Gasteiger partial charge in [0.25, 0.3) is 5.91 Å². The number of quaternary nitrogens is 1. The summed E-state index contributed by atoms with van der Waals surface area (Å²) in [5, 5.41) is 0.